The largest absolute Gasteiger partial charge is 0.305 e. The van der Waals surface area contributed by atoms with Crippen LogP contribution in [0.25, 0.3) is 0 Å². The SMILES string of the molecule is CCCc1ccc(C(C)NCc2ccnn2C)cc1. The summed E-state index contributed by atoms with van der Waals surface area (Å²) in [6, 6.07) is 11.3. The van der Waals surface area contributed by atoms with E-state index in [2.05, 4.69) is 48.5 Å². The molecule has 19 heavy (non-hydrogen) atoms. The standard InChI is InChI=1S/C16H23N3/c1-4-5-14-6-8-15(9-7-14)13(2)17-12-16-10-11-18-19(16)3/h6-11,13,17H,4-5,12H2,1-3H3. The summed E-state index contributed by atoms with van der Waals surface area (Å²) < 4.78 is 1.91. The average Bonchev–Trinajstić information content (AvgIpc) is 2.83. The van der Waals surface area contributed by atoms with Crippen molar-refractivity contribution in [1.29, 1.82) is 0 Å². The van der Waals surface area contributed by atoms with Gasteiger partial charge >= 0.3 is 0 Å². The minimum atomic E-state index is 0.352. The zero-order chi connectivity index (χ0) is 13.7. The normalized spacial score (nSPS) is 12.6. The molecule has 3 heteroatoms. The number of hydrogen-bond donors (Lipinski definition) is 1. The Bertz CT molecular complexity index is 499. The van der Waals surface area contributed by atoms with E-state index in [1.807, 2.05) is 24.0 Å². The predicted molar refractivity (Wildman–Crippen MR) is 78.9 cm³/mol. The van der Waals surface area contributed by atoms with Gasteiger partial charge in [-0.05, 0) is 30.5 Å². The van der Waals surface area contributed by atoms with Crippen LogP contribution >= 0.6 is 0 Å². The van der Waals surface area contributed by atoms with Crippen LogP contribution in [-0.4, -0.2) is 9.78 Å². The third-order valence-electron chi connectivity index (χ3n) is 3.53. The fourth-order valence-electron chi connectivity index (χ4n) is 2.21. The zero-order valence-electron chi connectivity index (χ0n) is 12.1. The van der Waals surface area contributed by atoms with Gasteiger partial charge in [-0.1, -0.05) is 37.6 Å². The molecule has 0 bridgehead atoms. The van der Waals surface area contributed by atoms with Crippen LogP contribution in [-0.2, 0) is 20.0 Å². The Hall–Kier alpha value is -1.61. The third-order valence-corrected chi connectivity index (χ3v) is 3.53. The molecule has 0 amide bonds. The van der Waals surface area contributed by atoms with Gasteiger partial charge in [0.1, 0.15) is 0 Å². The maximum absolute atomic E-state index is 4.18. The van der Waals surface area contributed by atoms with Gasteiger partial charge in [-0.3, -0.25) is 4.68 Å². The lowest BCUT2D eigenvalue weighted by atomic mass is 10.0. The predicted octanol–water partition coefficient (Wildman–Crippen LogP) is 3.22. The first-order valence-electron chi connectivity index (χ1n) is 6.99. The van der Waals surface area contributed by atoms with Gasteiger partial charge in [0.25, 0.3) is 0 Å². The lowest BCUT2D eigenvalue weighted by Gasteiger charge is -2.15. The van der Waals surface area contributed by atoms with E-state index in [9.17, 15) is 0 Å². The van der Waals surface area contributed by atoms with Gasteiger partial charge in [-0.15, -0.1) is 0 Å². The Labute approximate surface area is 115 Å². The highest BCUT2D eigenvalue weighted by atomic mass is 15.3. The molecule has 1 aromatic carbocycles. The van der Waals surface area contributed by atoms with E-state index in [1.165, 1.54) is 23.2 Å². The van der Waals surface area contributed by atoms with Crippen molar-refractivity contribution < 1.29 is 0 Å². The van der Waals surface area contributed by atoms with Crippen LogP contribution in [0.1, 0.15) is 43.1 Å². The fourth-order valence-corrected chi connectivity index (χ4v) is 2.21. The molecule has 102 valence electrons. The lowest BCUT2D eigenvalue weighted by molar-refractivity contribution is 0.548. The summed E-state index contributed by atoms with van der Waals surface area (Å²) >= 11 is 0. The third kappa shape index (κ3) is 3.67. The molecular formula is C16H23N3. The van der Waals surface area contributed by atoms with Crippen LogP contribution in [0.2, 0.25) is 0 Å². The molecule has 3 nitrogen and oxygen atoms in total. The van der Waals surface area contributed by atoms with Crippen LogP contribution in [0.3, 0.4) is 0 Å². The summed E-state index contributed by atoms with van der Waals surface area (Å²) in [7, 11) is 1.97. The average molecular weight is 257 g/mol. The van der Waals surface area contributed by atoms with Gasteiger partial charge in [-0.2, -0.15) is 5.10 Å². The molecule has 1 atom stereocenters. The molecule has 1 unspecified atom stereocenters. The van der Waals surface area contributed by atoms with Crippen LogP contribution in [0.5, 0.6) is 0 Å². The van der Waals surface area contributed by atoms with E-state index in [0.717, 1.165) is 13.0 Å². The highest BCUT2D eigenvalue weighted by molar-refractivity contribution is 5.24. The molecule has 0 saturated heterocycles. The Morgan fingerprint density at radius 1 is 1.21 bits per heavy atom. The fraction of sp³-hybridized carbons (Fsp3) is 0.438. The Morgan fingerprint density at radius 3 is 2.53 bits per heavy atom. The molecule has 2 aromatic rings. The summed E-state index contributed by atoms with van der Waals surface area (Å²) in [6.07, 6.45) is 4.20. The van der Waals surface area contributed by atoms with Crippen molar-refractivity contribution in [2.45, 2.75) is 39.3 Å². The quantitative estimate of drug-likeness (QED) is 0.861. The molecule has 1 aromatic heterocycles. The van der Waals surface area contributed by atoms with Crippen molar-refractivity contribution in [3.8, 4) is 0 Å². The molecule has 0 aliphatic heterocycles. The number of nitrogens with one attached hydrogen (secondary N) is 1. The monoisotopic (exact) mass is 257 g/mol. The molecule has 0 spiro atoms. The molecular weight excluding hydrogens is 234 g/mol. The minimum absolute atomic E-state index is 0.352. The van der Waals surface area contributed by atoms with Gasteiger partial charge in [0.15, 0.2) is 0 Å². The van der Waals surface area contributed by atoms with Crippen LogP contribution in [0.4, 0.5) is 0 Å². The van der Waals surface area contributed by atoms with Crippen molar-refractivity contribution in [2.24, 2.45) is 7.05 Å². The topological polar surface area (TPSA) is 29.9 Å². The van der Waals surface area contributed by atoms with Gasteiger partial charge in [0.2, 0.25) is 0 Å². The van der Waals surface area contributed by atoms with Crippen molar-refractivity contribution >= 4 is 0 Å². The summed E-state index contributed by atoms with van der Waals surface area (Å²) in [4.78, 5) is 0. The molecule has 1 N–H and O–H groups in total. The van der Waals surface area contributed by atoms with Crippen molar-refractivity contribution in [2.75, 3.05) is 0 Å². The van der Waals surface area contributed by atoms with E-state index in [-0.39, 0.29) is 0 Å². The number of benzene rings is 1. The molecule has 0 saturated carbocycles. The van der Waals surface area contributed by atoms with Crippen molar-refractivity contribution in [1.82, 2.24) is 15.1 Å². The zero-order valence-corrected chi connectivity index (χ0v) is 12.1. The Balaban J connectivity index is 1.92. The smallest absolute Gasteiger partial charge is 0.0518 e. The van der Waals surface area contributed by atoms with Gasteiger partial charge < -0.3 is 5.32 Å². The second-order valence-corrected chi connectivity index (χ2v) is 5.04. The van der Waals surface area contributed by atoms with Crippen LogP contribution in [0, 0.1) is 0 Å². The second kappa shape index (κ2) is 6.53. The Morgan fingerprint density at radius 2 is 1.95 bits per heavy atom. The number of rotatable bonds is 6. The van der Waals surface area contributed by atoms with Crippen molar-refractivity contribution in [3.05, 3.63) is 53.3 Å². The molecule has 0 aliphatic rings. The first-order chi connectivity index (χ1) is 9.20. The van der Waals surface area contributed by atoms with Crippen LogP contribution in [0.15, 0.2) is 36.5 Å². The first kappa shape index (κ1) is 13.8. The molecule has 0 fully saturated rings. The first-order valence-corrected chi connectivity index (χ1v) is 6.99. The van der Waals surface area contributed by atoms with Gasteiger partial charge in [0, 0.05) is 25.8 Å². The summed E-state index contributed by atoms with van der Waals surface area (Å²) in [5.41, 5.74) is 3.96. The number of aromatic nitrogens is 2. The highest BCUT2D eigenvalue weighted by Crippen LogP contribution is 2.15. The van der Waals surface area contributed by atoms with E-state index in [1.54, 1.807) is 0 Å². The van der Waals surface area contributed by atoms with Gasteiger partial charge in [0.05, 0.1) is 5.69 Å². The number of hydrogen-bond acceptors (Lipinski definition) is 2. The van der Waals surface area contributed by atoms with E-state index < -0.39 is 0 Å². The van der Waals surface area contributed by atoms with E-state index >= 15 is 0 Å². The summed E-state index contributed by atoms with van der Waals surface area (Å²) in [6.45, 7) is 5.26. The molecule has 1 heterocycles. The van der Waals surface area contributed by atoms with E-state index in [4.69, 9.17) is 0 Å². The van der Waals surface area contributed by atoms with Crippen LogP contribution < -0.4 is 5.32 Å². The molecule has 0 aliphatic carbocycles. The Kier molecular flexibility index (Phi) is 4.74. The summed E-state index contributed by atoms with van der Waals surface area (Å²) in [5.74, 6) is 0. The van der Waals surface area contributed by atoms with E-state index in [0.29, 0.717) is 6.04 Å². The lowest BCUT2D eigenvalue weighted by Crippen LogP contribution is -2.19. The number of aryl methyl sites for hydroxylation is 2. The van der Waals surface area contributed by atoms with Gasteiger partial charge in [-0.25, -0.2) is 0 Å². The molecule has 2 rings (SSSR count). The highest BCUT2D eigenvalue weighted by Gasteiger charge is 2.06. The maximum atomic E-state index is 4.18. The number of nitrogens with zero attached hydrogens (tertiary/aromatic N) is 2. The maximum Gasteiger partial charge on any atom is 0.0518 e. The van der Waals surface area contributed by atoms with Crippen molar-refractivity contribution in [3.63, 3.8) is 0 Å². The second-order valence-electron chi connectivity index (χ2n) is 5.04. The minimum Gasteiger partial charge on any atom is -0.305 e. The summed E-state index contributed by atoms with van der Waals surface area (Å²) in [5, 5.41) is 7.71. The molecule has 0 radical (unpaired) electrons.